The molecule has 29 heavy (non-hydrogen) atoms. The molecule has 146 valence electrons. The summed E-state index contributed by atoms with van der Waals surface area (Å²) in [7, 11) is 1.62. The smallest absolute Gasteiger partial charge is 0.237 e. The maximum atomic E-state index is 13.4. The number of carbonyl (C=O) groups excluding carboxylic acids is 1. The predicted molar refractivity (Wildman–Crippen MR) is 120 cm³/mol. The van der Waals surface area contributed by atoms with E-state index in [0.29, 0.717) is 10.2 Å². The highest BCUT2D eigenvalue weighted by atomic mass is 35.5. The third-order valence-corrected chi connectivity index (χ3v) is 6.15. The fraction of sp³-hybridized carbons (Fsp3) is 0.130. The van der Waals surface area contributed by atoms with Gasteiger partial charge < -0.3 is 4.74 Å². The van der Waals surface area contributed by atoms with E-state index in [0.717, 1.165) is 32.8 Å². The van der Waals surface area contributed by atoms with Gasteiger partial charge in [0.05, 0.1) is 29.4 Å². The molecule has 3 aromatic carbocycles. The molecule has 0 N–H and O–H groups in total. The van der Waals surface area contributed by atoms with Crippen molar-refractivity contribution in [3.05, 3.63) is 82.9 Å². The summed E-state index contributed by atoms with van der Waals surface area (Å²) in [6.07, 6.45) is 0.242. The van der Waals surface area contributed by atoms with Crippen LogP contribution in [0, 0.1) is 6.92 Å². The number of halogens is 1. The second-order valence-electron chi connectivity index (χ2n) is 6.60. The van der Waals surface area contributed by atoms with Crippen LogP contribution in [0.15, 0.2) is 66.7 Å². The lowest BCUT2D eigenvalue weighted by molar-refractivity contribution is -0.117. The minimum Gasteiger partial charge on any atom is -0.497 e. The van der Waals surface area contributed by atoms with Crippen molar-refractivity contribution in [1.29, 1.82) is 0 Å². The first-order chi connectivity index (χ1) is 14.1. The summed E-state index contributed by atoms with van der Waals surface area (Å²) in [5.74, 6) is 0.689. The number of para-hydroxylation sites is 1. The highest BCUT2D eigenvalue weighted by Crippen LogP contribution is 2.37. The number of benzene rings is 3. The predicted octanol–water partition coefficient (Wildman–Crippen LogP) is 6.17. The number of hydrogen-bond donors (Lipinski definition) is 0. The van der Waals surface area contributed by atoms with Crippen LogP contribution in [0.2, 0.25) is 5.02 Å². The Morgan fingerprint density at radius 3 is 2.55 bits per heavy atom. The molecule has 0 fully saturated rings. The van der Waals surface area contributed by atoms with E-state index in [4.69, 9.17) is 21.3 Å². The summed E-state index contributed by atoms with van der Waals surface area (Å²) < 4.78 is 6.24. The Balaban J connectivity index is 1.76. The van der Waals surface area contributed by atoms with Crippen molar-refractivity contribution < 1.29 is 9.53 Å². The number of thiazole rings is 1. The van der Waals surface area contributed by atoms with Gasteiger partial charge in [-0.25, -0.2) is 4.98 Å². The zero-order chi connectivity index (χ0) is 20.4. The van der Waals surface area contributed by atoms with Crippen molar-refractivity contribution >= 4 is 49.9 Å². The van der Waals surface area contributed by atoms with Gasteiger partial charge in [0.15, 0.2) is 5.13 Å². The number of fused-ring (bicyclic) bond motifs is 1. The van der Waals surface area contributed by atoms with Crippen LogP contribution in [-0.4, -0.2) is 18.0 Å². The molecule has 0 saturated carbocycles. The highest BCUT2D eigenvalue weighted by molar-refractivity contribution is 7.22. The molecule has 4 nitrogen and oxygen atoms in total. The van der Waals surface area contributed by atoms with E-state index in [1.165, 1.54) is 11.3 Å². The molecule has 1 amide bonds. The maximum Gasteiger partial charge on any atom is 0.237 e. The number of rotatable bonds is 5. The molecular weight excluding hydrogens is 404 g/mol. The molecule has 0 bridgehead atoms. The fourth-order valence-corrected chi connectivity index (χ4v) is 4.30. The van der Waals surface area contributed by atoms with Gasteiger partial charge in [-0.1, -0.05) is 53.3 Å². The normalized spacial score (nSPS) is 10.9. The molecule has 0 aliphatic heterocycles. The molecule has 0 spiro atoms. The Morgan fingerprint density at radius 2 is 1.83 bits per heavy atom. The van der Waals surface area contributed by atoms with E-state index < -0.39 is 0 Å². The Labute approximate surface area is 178 Å². The van der Waals surface area contributed by atoms with Crippen molar-refractivity contribution in [2.75, 3.05) is 12.0 Å². The third-order valence-electron chi connectivity index (χ3n) is 4.72. The van der Waals surface area contributed by atoms with E-state index in [1.54, 1.807) is 12.0 Å². The lowest BCUT2D eigenvalue weighted by atomic mass is 10.1. The van der Waals surface area contributed by atoms with Gasteiger partial charge in [-0.2, -0.15) is 0 Å². The van der Waals surface area contributed by atoms with Gasteiger partial charge in [0, 0.05) is 5.02 Å². The summed E-state index contributed by atoms with van der Waals surface area (Å²) in [5, 5.41) is 1.25. The van der Waals surface area contributed by atoms with Crippen molar-refractivity contribution in [2.24, 2.45) is 0 Å². The van der Waals surface area contributed by atoms with E-state index in [9.17, 15) is 4.79 Å². The van der Waals surface area contributed by atoms with Crippen LogP contribution in [0.25, 0.3) is 10.2 Å². The Morgan fingerprint density at radius 1 is 1.07 bits per heavy atom. The Kier molecular flexibility index (Phi) is 5.51. The number of hydrogen-bond acceptors (Lipinski definition) is 4. The number of ether oxygens (including phenoxy) is 1. The monoisotopic (exact) mass is 422 g/mol. The van der Waals surface area contributed by atoms with Crippen LogP contribution in [-0.2, 0) is 11.2 Å². The van der Waals surface area contributed by atoms with Crippen LogP contribution in [0.4, 0.5) is 10.8 Å². The molecular formula is C23H19ClN2O2S. The average molecular weight is 423 g/mol. The summed E-state index contributed by atoms with van der Waals surface area (Å²) in [6, 6.07) is 21.0. The van der Waals surface area contributed by atoms with Crippen molar-refractivity contribution in [1.82, 2.24) is 4.98 Å². The summed E-state index contributed by atoms with van der Waals surface area (Å²) in [4.78, 5) is 19.8. The van der Waals surface area contributed by atoms with Gasteiger partial charge in [-0.05, 0) is 54.4 Å². The second kappa shape index (κ2) is 8.23. The molecule has 6 heteroatoms. The van der Waals surface area contributed by atoms with Gasteiger partial charge in [0.1, 0.15) is 5.75 Å². The standard InChI is InChI=1S/C23H19ClN2O2S/c1-15-18(24)6-5-8-20(15)26(23-25-19-7-3-4-9-21(19)29-23)22(27)14-16-10-12-17(28-2)13-11-16/h3-13H,14H2,1-2H3. The maximum absolute atomic E-state index is 13.4. The first-order valence-electron chi connectivity index (χ1n) is 9.13. The van der Waals surface area contributed by atoms with E-state index in [2.05, 4.69) is 0 Å². The van der Waals surface area contributed by atoms with Gasteiger partial charge in [-0.3, -0.25) is 9.69 Å². The van der Waals surface area contributed by atoms with Crippen molar-refractivity contribution in [2.45, 2.75) is 13.3 Å². The first-order valence-corrected chi connectivity index (χ1v) is 10.3. The van der Waals surface area contributed by atoms with Gasteiger partial charge in [-0.15, -0.1) is 0 Å². The van der Waals surface area contributed by atoms with Crippen LogP contribution in [0.1, 0.15) is 11.1 Å². The Hall–Kier alpha value is -2.89. The van der Waals surface area contributed by atoms with E-state index in [1.807, 2.05) is 73.7 Å². The van der Waals surface area contributed by atoms with Gasteiger partial charge in [0.2, 0.25) is 5.91 Å². The summed E-state index contributed by atoms with van der Waals surface area (Å²) in [6.45, 7) is 1.92. The SMILES string of the molecule is COc1ccc(CC(=O)N(c2nc3ccccc3s2)c2cccc(Cl)c2C)cc1. The average Bonchev–Trinajstić information content (AvgIpc) is 3.15. The molecule has 1 heterocycles. The van der Waals surface area contributed by atoms with Crippen molar-refractivity contribution in [3.8, 4) is 5.75 Å². The molecule has 4 aromatic rings. The highest BCUT2D eigenvalue weighted by Gasteiger charge is 2.24. The zero-order valence-corrected chi connectivity index (χ0v) is 17.6. The minimum atomic E-state index is -0.0698. The third kappa shape index (κ3) is 3.97. The van der Waals surface area contributed by atoms with Crippen LogP contribution < -0.4 is 9.64 Å². The number of nitrogens with zero attached hydrogens (tertiary/aromatic N) is 2. The largest absolute Gasteiger partial charge is 0.497 e. The lowest BCUT2D eigenvalue weighted by Crippen LogP contribution is -2.28. The topological polar surface area (TPSA) is 42.4 Å². The number of anilines is 2. The van der Waals surface area contributed by atoms with E-state index in [-0.39, 0.29) is 12.3 Å². The molecule has 0 aliphatic rings. The number of carbonyl (C=O) groups is 1. The van der Waals surface area contributed by atoms with Crippen LogP contribution >= 0.6 is 22.9 Å². The molecule has 0 atom stereocenters. The van der Waals surface area contributed by atoms with Crippen LogP contribution in [0.3, 0.4) is 0 Å². The molecule has 4 rings (SSSR count). The molecule has 0 unspecified atom stereocenters. The Bertz CT molecular complexity index is 1140. The summed E-state index contributed by atoms with van der Waals surface area (Å²) in [5.41, 5.74) is 3.36. The fourth-order valence-electron chi connectivity index (χ4n) is 3.14. The second-order valence-corrected chi connectivity index (χ2v) is 8.02. The molecule has 1 aromatic heterocycles. The first kappa shape index (κ1) is 19.4. The van der Waals surface area contributed by atoms with E-state index >= 15 is 0 Å². The summed E-state index contributed by atoms with van der Waals surface area (Å²) >= 11 is 7.84. The number of aromatic nitrogens is 1. The van der Waals surface area contributed by atoms with Crippen molar-refractivity contribution in [3.63, 3.8) is 0 Å². The number of amides is 1. The minimum absolute atomic E-state index is 0.0698. The van der Waals surface area contributed by atoms with Crippen LogP contribution in [0.5, 0.6) is 5.75 Å². The lowest BCUT2D eigenvalue weighted by Gasteiger charge is -2.22. The molecule has 0 radical (unpaired) electrons. The zero-order valence-electron chi connectivity index (χ0n) is 16.1. The number of methoxy groups -OCH3 is 1. The molecule has 0 aliphatic carbocycles. The quantitative estimate of drug-likeness (QED) is 0.386. The molecule has 0 saturated heterocycles. The van der Waals surface area contributed by atoms with Gasteiger partial charge in [0.25, 0.3) is 0 Å². The van der Waals surface area contributed by atoms with Gasteiger partial charge >= 0.3 is 0 Å².